The molecule has 0 spiro atoms. The average molecular weight is 498 g/mol. The van der Waals surface area contributed by atoms with Crippen molar-refractivity contribution < 1.29 is 22.6 Å². The molecule has 2 N–H and O–H groups in total. The number of aromatic amines is 1. The van der Waals surface area contributed by atoms with Crippen LogP contribution in [0.5, 0.6) is 5.75 Å². The fourth-order valence-electron chi connectivity index (χ4n) is 4.12. The van der Waals surface area contributed by atoms with Gasteiger partial charge in [-0.05, 0) is 18.2 Å². The zero-order valence-electron chi connectivity index (χ0n) is 16.2. The van der Waals surface area contributed by atoms with E-state index in [2.05, 4.69) is 41.1 Å². The average Bonchev–Trinajstić information content (AvgIpc) is 3.20. The number of anilines is 1. The van der Waals surface area contributed by atoms with Gasteiger partial charge < -0.3 is 19.8 Å². The number of hydrogen-bond acceptors (Lipinski definition) is 6. The molecule has 0 saturated carbocycles. The van der Waals surface area contributed by atoms with Crippen LogP contribution in [0.25, 0.3) is 11.0 Å². The first-order valence-electron chi connectivity index (χ1n) is 9.81. The summed E-state index contributed by atoms with van der Waals surface area (Å²) in [7, 11) is 0. The van der Waals surface area contributed by atoms with E-state index in [1.165, 1.54) is 6.33 Å². The van der Waals surface area contributed by atoms with Crippen molar-refractivity contribution in [3.8, 4) is 5.75 Å². The maximum Gasteiger partial charge on any atom is 0.431 e. The molecule has 4 heterocycles. The molecule has 7 nitrogen and oxygen atoms in total. The van der Waals surface area contributed by atoms with Crippen molar-refractivity contribution in [1.82, 2.24) is 19.9 Å². The lowest BCUT2D eigenvalue weighted by Crippen LogP contribution is -2.52. The molecule has 11 heteroatoms. The van der Waals surface area contributed by atoms with Crippen molar-refractivity contribution in [2.24, 2.45) is 0 Å². The van der Waals surface area contributed by atoms with Crippen LogP contribution in [0.15, 0.2) is 35.1 Å². The first-order chi connectivity index (χ1) is 14.9. The van der Waals surface area contributed by atoms with Gasteiger partial charge in [-0.1, -0.05) is 22.0 Å². The zero-order chi connectivity index (χ0) is 21.6. The summed E-state index contributed by atoms with van der Waals surface area (Å²) < 4.78 is 52.1. The summed E-state index contributed by atoms with van der Waals surface area (Å²) in [5, 5.41) is 3.69. The summed E-state index contributed by atoms with van der Waals surface area (Å²) in [6, 6.07) is 6.55. The Morgan fingerprint density at radius 3 is 2.74 bits per heavy atom. The molecule has 2 aliphatic heterocycles. The number of benzene rings is 1. The Labute approximate surface area is 184 Å². The number of nitrogens with zero attached hydrogens (tertiary/aromatic N) is 3. The molecular formula is C20H19BrF3N5O2. The summed E-state index contributed by atoms with van der Waals surface area (Å²) in [6.07, 6.45) is -3.24. The summed E-state index contributed by atoms with van der Waals surface area (Å²) in [5.74, 6) is 1.07. The van der Waals surface area contributed by atoms with Gasteiger partial charge in [-0.2, -0.15) is 13.2 Å². The molecule has 3 aromatic rings. The van der Waals surface area contributed by atoms with Gasteiger partial charge in [0.1, 0.15) is 35.8 Å². The number of morpholine rings is 1. The van der Waals surface area contributed by atoms with Gasteiger partial charge in [0.2, 0.25) is 0 Å². The van der Waals surface area contributed by atoms with Crippen LogP contribution < -0.4 is 10.1 Å². The Morgan fingerprint density at radius 2 is 1.97 bits per heavy atom. The van der Waals surface area contributed by atoms with Crippen LogP contribution in [0.3, 0.4) is 0 Å². The maximum absolute atomic E-state index is 13.2. The van der Waals surface area contributed by atoms with Crippen molar-refractivity contribution in [2.75, 3.05) is 38.2 Å². The van der Waals surface area contributed by atoms with Crippen molar-refractivity contribution in [2.45, 2.75) is 18.3 Å². The van der Waals surface area contributed by atoms with Gasteiger partial charge >= 0.3 is 6.18 Å². The topological polar surface area (TPSA) is 75.3 Å². The van der Waals surface area contributed by atoms with Gasteiger partial charge in [0, 0.05) is 23.1 Å². The fourth-order valence-corrected chi connectivity index (χ4v) is 4.46. The van der Waals surface area contributed by atoms with Gasteiger partial charge in [0.15, 0.2) is 0 Å². The monoisotopic (exact) mass is 497 g/mol. The smallest absolute Gasteiger partial charge is 0.431 e. The third-order valence-corrected chi connectivity index (χ3v) is 6.14. The highest BCUT2D eigenvalue weighted by atomic mass is 79.9. The molecule has 2 aromatic heterocycles. The molecule has 5 rings (SSSR count). The second-order valence-electron chi connectivity index (χ2n) is 7.50. The molecule has 0 bridgehead atoms. The Morgan fingerprint density at radius 1 is 1.16 bits per heavy atom. The number of fused-ring (bicyclic) bond motifs is 2. The Balaban J connectivity index is 1.55. The predicted octanol–water partition coefficient (Wildman–Crippen LogP) is 3.99. The minimum atomic E-state index is -4.49. The van der Waals surface area contributed by atoms with Crippen LogP contribution >= 0.6 is 15.9 Å². The maximum atomic E-state index is 13.2. The molecule has 1 aromatic carbocycles. The summed E-state index contributed by atoms with van der Waals surface area (Å²) in [5.41, 5.74) is 0.201. The summed E-state index contributed by atoms with van der Waals surface area (Å²) >= 11 is 3.46. The molecule has 31 heavy (non-hydrogen) atoms. The summed E-state index contributed by atoms with van der Waals surface area (Å²) in [4.78, 5) is 12.9. The number of alkyl halides is 3. The van der Waals surface area contributed by atoms with Crippen LogP contribution in [0.2, 0.25) is 0 Å². The van der Waals surface area contributed by atoms with Gasteiger partial charge in [-0.25, -0.2) is 9.97 Å². The molecule has 164 valence electrons. The lowest BCUT2D eigenvalue weighted by atomic mass is 9.94. The van der Waals surface area contributed by atoms with E-state index in [0.29, 0.717) is 31.0 Å². The molecule has 1 saturated heterocycles. The molecule has 0 aliphatic carbocycles. The SMILES string of the molecule is FC(F)(F)c1cc2c(NC3c4ccc(Br)cc4OCC3N3CCOCC3)ncnc2[nH]1. The lowest BCUT2D eigenvalue weighted by Gasteiger charge is -2.42. The number of rotatable bonds is 3. The highest BCUT2D eigenvalue weighted by Crippen LogP contribution is 2.39. The van der Waals surface area contributed by atoms with E-state index in [1.807, 2.05) is 18.2 Å². The molecule has 1 fully saturated rings. The third kappa shape index (κ3) is 3.97. The second-order valence-corrected chi connectivity index (χ2v) is 8.41. The Kier molecular flexibility index (Phi) is 5.27. The van der Waals surface area contributed by atoms with Crippen molar-refractivity contribution in [3.05, 3.63) is 46.3 Å². The number of aromatic nitrogens is 3. The van der Waals surface area contributed by atoms with Gasteiger partial charge in [0.25, 0.3) is 0 Å². The predicted molar refractivity (Wildman–Crippen MR) is 111 cm³/mol. The minimum absolute atomic E-state index is 0.0383. The standard InChI is InChI=1S/C20H19BrF3N5O2/c21-11-1-2-12-15(7-11)31-9-14(29-3-5-30-6-4-29)17(12)28-19-13-8-16(20(22,23)24)27-18(13)25-10-26-19/h1-2,7-8,10,14,17H,3-6,9H2,(H2,25,26,27,28). The lowest BCUT2D eigenvalue weighted by molar-refractivity contribution is -0.140. The number of H-pyrrole nitrogens is 1. The van der Waals surface area contributed by atoms with Gasteiger partial charge in [0.05, 0.1) is 30.7 Å². The number of ether oxygens (including phenoxy) is 2. The van der Waals surface area contributed by atoms with E-state index >= 15 is 0 Å². The van der Waals surface area contributed by atoms with Crippen LogP contribution in [-0.2, 0) is 10.9 Å². The zero-order valence-corrected chi connectivity index (χ0v) is 17.8. The van der Waals surface area contributed by atoms with E-state index in [-0.39, 0.29) is 17.7 Å². The largest absolute Gasteiger partial charge is 0.491 e. The molecule has 0 radical (unpaired) electrons. The minimum Gasteiger partial charge on any atom is -0.491 e. The third-order valence-electron chi connectivity index (χ3n) is 5.64. The van der Waals surface area contributed by atoms with E-state index in [0.717, 1.165) is 34.9 Å². The van der Waals surface area contributed by atoms with Crippen LogP contribution in [-0.4, -0.2) is 58.8 Å². The van der Waals surface area contributed by atoms with Crippen molar-refractivity contribution in [3.63, 3.8) is 0 Å². The van der Waals surface area contributed by atoms with E-state index in [4.69, 9.17) is 9.47 Å². The molecule has 2 atom stereocenters. The van der Waals surface area contributed by atoms with E-state index in [9.17, 15) is 13.2 Å². The second kappa shape index (κ2) is 7.95. The van der Waals surface area contributed by atoms with Crippen LogP contribution in [0.1, 0.15) is 17.3 Å². The number of hydrogen-bond donors (Lipinski definition) is 2. The van der Waals surface area contributed by atoms with Crippen LogP contribution in [0.4, 0.5) is 19.0 Å². The van der Waals surface area contributed by atoms with Gasteiger partial charge in [-0.15, -0.1) is 0 Å². The van der Waals surface area contributed by atoms with E-state index < -0.39 is 11.9 Å². The molecule has 2 unspecified atom stereocenters. The fraction of sp³-hybridized carbons (Fsp3) is 0.400. The van der Waals surface area contributed by atoms with Crippen molar-refractivity contribution in [1.29, 1.82) is 0 Å². The summed E-state index contributed by atoms with van der Waals surface area (Å²) in [6.45, 7) is 3.19. The molecule has 2 aliphatic rings. The first-order valence-corrected chi connectivity index (χ1v) is 10.6. The van der Waals surface area contributed by atoms with E-state index in [1.54, 1.807) is 0 Å². The first kappa shape index (κ1) is 20.5. The Bertz CT molecular complexity index is 1100. The number of halogens is 4. The quantitative estimate of drug-likeness (QED) is 0.569. The highest BCUT2D eigenvalue weighted by molar-refractivity contribution is 9.10. The normalized spacial score (nSPS) is 22.2. The number of nitrogens with one attached hydrogen (secondary N) is 2. The van der Waals surface area contributed by atoms with Gasteiger partial charge in [-0.3, -0.25) is 4.90 Å². The Hall–Kier alpha value is -2.37. The van der Waals surface area contributed by atoms with Crippen LogP contribution in [0, 0.1) is 0 Å². The highest BCUT2D eigenvalue weighted by Gasteiger charge is 2.37. The van der Waals surface area contributed by atoms with Crippen molar-refractivity contribution >= 4 is 32.8 Å². The molecule has 0 amide bonds. The molecular weight excluding hydrogens is 479 g/mol.